The molecule has 0 radical (unpaired) electrons. The molecule has 0 aromatic carbocycles. The van der Waals surface area contributed by atoms with Gasteiger partial charge in [-0.3, -0.25) is 24.2 Å². The van der Waals surface area contributed by atoms with E-state index in [0.29, 0.717) is 18.6 Å². The van der Waals surface area contributed by atoms with Gasteiger partial charge >= 0.3 is 17.9 Å². The molecular weight excluding hydrogens is 616 g/mol. The molecule has 1 aliphatic heterocycles. The fourth-order valence-electron chi connectivity index (χ4n) is 6.49. The molecule has 7 N–H and O–H groups in total. The van der Waals surface area contributed by atoms with E-state index in [-0.39, 0.29) is 35.2 Å². The fourth-order valence-corrected chi connectivity index (χ4v) is 8.21. The molecule has 3 aliphatic rings. The molecule has 0 saturated heterocycles. The van der Waals surface area contributed by atoms with Crippen molar-refractivity contribution < 1.29 is 44.0 Å². The zero-order chi connectivity index (χ0) is 33.4. The SMILES string of the molecule is CCC1([C@@H](SC[C@H](NC(=O)CC[C@H](N)C(=O)O)C(=O)N[C@@H](O)C(=O)O)C2=C3CCC(Cc4ccncc4)=C[C@H]3C(=O)O2)CCCC1. The third kappa shape index (κ3) is 8.53. The molecule has 1 aromatic rings. The molecule has 2 heterocycles. The van der Waals surface area contributed by atoms with Crippen molar-refractivity contribution in [1.29, 1.82) is 0 Å². The van der Waals surface area contributed by atoms with Crippen LogP contribution in [0.1, 0.15) is 70.3 Å². The van der Waals surface area contributed by atoms with Crippen LogP contribution >= 0.6 is 11.8 Å². The van der Waals surface area contributed by atoms with E-state index in [4.69, 9.17) is 20.7 Å². The lowest BCUT2D eigenvalue weighted by Gasteiger charge is -2.38. The third-order valence-electron chi connectivity index (χ3n) is 9.15. The Bertz CT molecular complexity index is 1380. The summed E-state index contributed by atoms with van der Waals surface area (Å²) in [5.74, 6) is -4.78. The Morgan fingerprint density at radius 3 is 2.43 bits per heavy atom. The van der Waals surface area contributed by atoms with Crippen molar-refractivity contribution in [3.8, 4) is 0 Å². The number of cyclic esters (lactones) is 1. The number of rotatable bonds is 16. The van der Waals surface area contributed by atoms with Crippen LogP contribution in [0.15, 0.2) is 47.5 Å². The van der Waals surface area contributed by atoms with Gasteiger partial charge in [-0.1, -0.05) is 31.4 Å². The van der Waals surface area contributed by atoms with Crippen LogP contribution in [-0.2, 0) is 35.1 Å². The van der Waals surface area contributed by atoms with Gasteiger partial charge in [0.2, 0.25) is 18.0 Å². The summed E-state index contributed by atoms with van der Waals surface area (Å²) in [6, 6.07) is 1.35. The molecule has 4 rings (SSSR count). The molecule has 13 nitrogen and oxygen atoms in total. The predicted octanol–water partition coefficient (Wildman–Crippen LogP) is 2.04. The van der Waals surface area contributed by atoms with Crippen molar-refractivity contribution >= 4 is 41.5 Å². The number of nitrogens with two attached hydrogens (primary N) is 1. The smallest absolute Gasteiger partial charge is 0.353 e. The molecule has 46 heavy (non-hydrogen) atoms. The van der Waals surface area contributed by atoms with Gasteiger partial charge in [0.25, 0.3) is 0 Å². The summed E-state index contributed by atoms with van der Waals surface area (Å²) >= 11 is 1.36. The average molecular weight is 659 g/mol. The summed E-state index contributed by atoms with van der Waals surface area (Å²) in [6.07, 6.45) is 9.50. The normalized spacial score (nSPS) is 21.3. The van der Waals surface area contributed by atoms with Gasteiger partial charge in [0, 0.05) is 24.6 Å². The first-order chi connectivity index (χ1) is 21.9. The third-order valence-corrected chi connectivity index (χ3v) is 10.7. The monoisotopic (exact) mass is 658 g/mol. The summed E-state index contributed by atoms with van der Waals surface area (Å²) < 4.78 is 6.06. The first kappa shape index (κ1) is 35.1. The van der Waals surface area contributed by atoms with Gasteiger partial charge < -0.3 is 36.4 Å². The number of aliphatic carboxylic acids is 2. The lowest BCUT2D eigenvalue weighted by molar-refractivity contribution is -0.151. The van der Waals surface area contributed by atoms with Crippen LogP contribution in [0.4, 0.5) is 0 Å². The highest BCUT2D eigenvalue weighted by Crippen LogP contribution is 2.54. The predicted molar refractivity (Wildman–Crippen MR) is 168 cm³/mol. The van der Waals surface area contributed by atoms with Crippen molar-refractivity contribution in [2.45, 2.75) is 94.7 Å². The van der Waals surface area contributed by atoms with E-state index in [1.807, 2.05) is 23.5 Å². The number of pyridine rings is 1. The first-order valence-electron chi connectivity index (χ1n) is 15.6. The number of aromatic nitrogens is 1. The second-order valence-electron chi connectivity index (χ2n) is 12.1. The summed E-state index contributed by atoms with van der Waals surface area (Å²) in [5.41, 5.74) is 8.46. The van der Waals surface area contributed by atoms with Crippen molar-refractivity contribution in [2.75, 3.05) is 5.75 Å². The van der Waals surface area contributed by atoms with E-state index in [2.05, 4.69) is 17.2 Å². The fraction of sp³-hybridized carbons (Fsp3) is 0.562. The molecule has 1 aromatic heterocycles. The largest absolute Gasteiger partial charge is 0.480 e. The first-order valence-corrected chi connectivity index (χ1v) is 16.6. The number of nitrogens with zero attached hydrogens (tertiary/aromatic N) is 1. The van der Waals surface area contributed by atoms with E-state index in [0.717, 1.165) is 55.2 Å². The van der Waals surface area contributed by atoms with E-state index < -0.39 is 48.0 Å². The summed E-state index contributed by atoms with van der Waals surface area (Å²) in [6.45, 7) is 2.09. The zero-order valence-electron chi connectivity index (χ0n) is 25.8. The standard InChI is InChI=1S/C32H42N4O9S/c1-2-32(11-3-4-12-32)26(25-20-6-5-19(16-21(20)31(44)45-25)15-18-9-13-34-14-10-18)46-17-23(27(38)36-28(39)30(42)43)35-24(37)8-7-22(33)29(40)41/h9-10,13-14,16,21-23,26,28,39H,2-8,11-12,15,17,33H2,1H3,(H,35,37)(H,36,38)(H,40,41)(H,42,43)/t21-,22+,23+,26+,28+/m1/s1. The number of carboxylic acid groups (broad SMARTS) is 2. The Balaban J connectivity index is 1.59. The highest BCUT2D eigenvalue weighted by atomic mass is 32.2. The van der Waals surface area contributed by atoms with Crippen LogP contribution in [0, 0.1) is 11.3 Å². The quantitative estimate of drug-likeness (QED) is 0.0854. The van der Waals surface area contributed by atoms with E-state index in [9.17, 15) is 29.1 Å². The number of carbonyl (C=O) groups excluding carboxylic acids is 3. The molecule has 2 aliphatic carbocycles. The van der Waals surface area contributed by atoms with Crippen LogP contribution in [0.3, 0.4) is 0 Å². The van der Waals surface area contributed by atoms with Crippen molar-refractivity contribution in [3.05, 3.63) is 53.1 Å². The molecular formula is C32H42N4O9S. The van der Waals surface area contributed by atoms with Gasteiger partial charge in [-0.05, 0) is 73.6 Å². The topological polar surface area (TPSA) is 218 Å². The van der Waals surface area contributed by atoms with Crippen molar-refractivity contribution in [1.82, 2.24) is 15.6 Å². The molecule has 14 heteroatoms. The van der Waals surface area contributed by atoms with Crippen LogP contribution in [-0.4, -0.2) is 79.3 Å². The molecule has 1 fully saturated rings. The maximum atomic E-state index is 13.3. The van der Waals surface area contributed by atoms with E-state index in [1.54, 1.807) is 12.4 Å². The minimum absolute atomic E-state index is 0.0244. The van der Waals surface area contributed by atoms with Gasteiger partial charge in [-0.2, -0.15) is 0 Å². The van der Waals surface area contributed by atoms with E-state index >= 15 is 0 Å². The number of thioether (sulfide) groups is 1. The Hall–Kier alpha value is -3.75. The molecule has 1 saturated carbocycles. The number of carbonyl (C=O) groups is 5. The highest BCUT2D eigenvalue weighted by Gasteiger charge is 2.48. The Labute approximate surface area is 271 Å². The molecule has 0 bridgehead atoms. The number of hydrogen-bond donors (Lipinski definition) is 6. The Morgan fingerprint density at radius 2 is 1.80 bits per heavy atom. The van der Waals surface area contributed by atoms with Crippen molar-refractivity contribution in [2.24, 2.45) is 17.1 Å². The van der Waals surface area contributed by atoms with Crippen LogP contribution < -0.4 is 16.4 Å². The van der Waals surface area contributed by atoms with Crippen LogP contribution in [0.2, 0.25) is 0 Å². The summed E-state index contributed by atoms with van der Waals surface area (Å²) in [4.78, 5) is 65.5. The second kappa shape index (κ2) is 15.7. The van der Waals surface area contributed by atoms with Gasteiger partial charge in [0.1, 0.15) is 23.8 Å². The molecule has 5 atom stereocenters. The average Bonchev–Trinajstić information content (AvgIpc) is 3.65. The van der Waals surface area contributed by atoms with Crippen LogP contribution in [0.25, 0.3) is 0 Å². The van der Waals surface area contributed by atoms with Crippen LogP contribution in [0.5, 0.6) is 0 Å². The Morgan fingerprint density at radius 1 is 1.11 bits per heavy atom. The van der Waals surface area contributed by atoms with Gasteiger partial charge in [-0.25, -0.2) is 4.79 Å². The Kier molecular flexibility index (Phi) is 12.0. The number of ether oxygens (including phenoxy) is 1. The number of fused-ring (bicyclic) bond motifs is 1. The minimum Gasteiger partial charge on any atom is -0.480 e. The lowest BCUT2D eigenvalue weighted by atomic mass is 9.76. The van der Waals surface area contributed by atoms with Crippen molar-refractivity contribution in [3.63, 3.8) is 0 Å². The minimum atomic E-state index is -2.19. The highest BCUT2D eigenvalue weighted by molar-refractivity contribution is 8.00. The number of aliphatic hydroxyl groups is 1. The molecule has 2 amide bonds. The van der Waals surface area contributed by atoms with Gasteiger partial charge in [0.15, 0.2) is 0 Å². The number of nitrogens with one attached hydrogen (secondary N) is 2. The number of aliphatic hydroxyl groups excluding tert-OH is 1. The molecule has 0 unspecified atom stereocenters. The maximum absolute atomic E-state index is 13.3. The van der Waals surface area contributed by atoms with Gasteiger partial charge in [-0.15, -0.1) is 11.8 Å². The molecule has 0 spiro atoms. The summed E-state index contributed by atoms with van der Waals surface area (Å²) in [7, 11) is 0. The van der Waals surface area contributed by atoms with Gasteiger partial charge in [0.05, 0.1) is 5.25 Å². The number of carboxylic acids is 2. The second-order valence-corrected chi connectivity index (χ2v) is 13.3. The number of allylic oxidation sites excluding steroid dienone is 1. The number of hydrogen-bond acceptors (Lipinski definition) is 10. The maximum Gasteiger partial charge on any atom is 0.353 e. The summed E-state index contributed by atoms with van der Waals surface area (Å²) in [5, 5.41) is 32.2. The lowest BCUT2D eigenvalue weighted by Crippen LogP contribution is -2.53. The number of esters is 1. The van der Waals surface area contributed by atoms with E-state index in [1.165, 1.54) is 11.8 Å². The number of amides is 2. The zero-order valence-corrected chi connectivity index (χ0v) is 26.6. The molecule has 250 valence electrons.